The highest BCUT2D eigenvalue weighted by molar-refractivity contribution is 5.92. The van der Waals surface area contributed by atoms with Crippen LogP contribution in [0.25, 0.3) is 6.08 Å². The zero-order chi connectivity index (χ0) is 13.7. The summed E-state index contributed by atoms with van der Waals surface area (Å²) in [4.78, 5) is 11.8. The third-order valence-corrected chi connectivity index (χ3v) is 3.52. The lowest BCUT2D eigenvalue weighted by Crippen LogP contribution is -2.55. The number of ether oxygens (including phenoxy) is 1. The molecule has 0 radical (unpaired) electrons. The SMILES string of the molecule is COc1cccc(/C=C/C(=O)NC2(CO)CCC2)c1. The lowest BCUT2D eigenvalue weighted by atomic mass is 9.77. The van der Waals surface area contributed by atoms with E-state index in [9.17, 15) is 9.90 Å². The molecule has 0 spiro atoms. The maximum Gasteiger partial charge on any atom is 0.244 e. The molecular formula is C15H19NO3. The Balaban J connectivity index is 1.95. The van der Waals surface area contributed by atoms with Crippen molar-refractivity contribution in [2.45, 2.75) is 24.8 Å². The van der Waals surface area contributed by atoms with Gasteiger partial charge in [0.1, 0.15) is 5.75 Å². The molecule has 2 rings (SSSR count). The van der Waals surface area contributed by atoms with Crippen LogP contribution < -0.4 is 10.1 Å². The number of hydrogen-bond acceptors (Lipinski definition) is 3. The molecule has 0 saturated heterocycles. The quantitative estimate of drug-likeness (QED) is 0.794. The first-order valence-electron chi connectivity index (χ1n) is 6.43. The van der Waals surface area contributed by atoms with E-state index in [2.05, 4.69) is 5.32 Å². The van der Waals surface area contributed by atoms with Crippen LogP contribution in [0.2, 0.25) is 0 Å². The van der Waals surface area contributed by atoms with Gasteiger partial charge in [-0.2, -0.15) is 0 Å². The van der Waals surface area contributed by atoms with Crippen LogP contribution >= 0.6 is 0 Å². The molecule has 1 aliphatic rings. The van der Waals surface area contributed by atoms with Crippen LogP contribution in [0.15, 0.2) is 30.3 Å². The summed E-state index contributed by atoms with van der Waals surface area (Å²) < 4.78 is 5.12. The molecule has 19 heavy (non-hydrogen) atoms. The molecule has 2 N–H and O–H groups in total. The van der Waals surface area contributed by atoms with Crippen molar-refractivity contribution in [3.63, 3.8) is 0 Å². The molecule has 102 valence electrons. The fourth-order valence-electron chi connectivity index (χ4n) is 2.15. The Morgan fingerprint density at radius 3 is 2.89 bits per heavy atom. The van der Waals surface area contributed by atoms with Gasteiger partial charge in [-0.1, -0.05) is 12.1 Å². The first-order valence-corrected chi connectivity index (χ1v) is 6.43. The number of methoxy groups -OCH3 is 1. The zero-order valence-corrected chi connectivity index (χ0v) is 11.1. The standard InChI is InChI=1S/C15H19NO3/c1-19-13-5-2-4-12(10-13)6-7-14(18)16-15(11-17)8-3-9-15/h2,4-7,10,17H,3,8-9,11H2,1H3,(H,16,18)/b7-6+. The van der Waals surface area contributed by atoms with Crippen LogP contribution in [0.5, 0.6) is 5.75 Å². The number of nitrogens with one attached hydrogen (secondary N) is 1. The Morgan fingerprint density at radius 2 is 2.32 bits per heavy atom. The summed E-state index contributed by atoms with van der Waals surface area (Å²) in [5, 5.41) is 12.2. The second kappa shape index (κ2) is 5.89. The molecule has 1 aliphatic carbocycles. The molecule has 1 amide bonds. The molecular weight excluding hydrogens is 242 g/mol. The van der Waals surface area contributed by atoms with Gasteiger partial charge >= 0.3 is 0 Å². The molecule has 0 aliphatic heterocycles. The average Bonchev–Trinajstić information content (AvgIpc) is 2.41. The molecule has 0 aromatic heterocycles. The van der Waals surface area contributed by atoms with Crippen LogP contribution in [0, 0.1) is 0 Å². The zero-order valence-electron chi connectivity index (χ0n) is 11.1. The Hall–Kier alpha value is -1.81. The van der Waals surface area contributed by atoms with E-state index in [4.69, 9.17) is 4.74 Å². The number of aliphatic hydroxyl groups excluding tert-OH is 1. The lowest BCUT2D eigenvalue weighted by molar-refractivity contribution is -0.120. The molecule has 4 heteroatoms. The number of hydrogen-bond donors (Lipinski definition) is 2. The molecule has 1 aromatic carbocycles. The second-order valence-electron chi connectivity index (χ2n) is 4.89. The topological polar surface area (TPSA) is 58.6 Å². The minimum Gasteiger partial charge on any atom is -0.497 e. The molecule has 4 nitrogen and oxygen atoms in total. The Kier molecular flexibility index (Phi) is 4.22. The van der Waals surface area contributed by atoms with Crippen molar-refractivity contribution in [2.24, 2.45) is 0 Å². The van der Waals surface area contributed by atoms with Gasteiger partial charge in [-0.15, -0.1) is 0 Å². The van der Waals surface area contributed by atoms with Gasteiger partial charge in [-0.05, 0) is 43.0 Å². The number of benzene rings is 1. The van der Waals surface area contributed by atoms with Crippen molar-refractivity contribution >= 4 is 12.0 Å². The van der Waals surface area contributed by atoms with E-state index in [1.165, 1.54) is 6.08 Å². The van der Waals surface area contributed by atoms with Crippen LogP contribution in [-0.2, 0) is 4.79 Å². The maximum absolute atomic E-state index is 11.8. The average molecular weight is 261 g/mol. The minimum atomic E-state index is -0.393. The predicted molar refractivity (Wildman–Crippen MR) is 73.8 cm³/mol. The van der Waals surface area contributed by atoms with Gasteiger partial charge in [0.2, 0.25) is 5.91 Å². The van der Waals surface area contributed by atoms with Crippen LogP contribution in [-0.4, -0.2) is 30.3 Å². The summed E-state index contributed by atoms with van der Waals surface area (Å²) in [6.07, 6.45) is 5.98. The molecule has 1 fully saturated rings. The number of carbonyl (C=O) groups is 1. The monoisotopic (exact) mass is 261 g/mol. The smallest absolute Gasteiger partial charge is 0.244 e. The third kappa shape index (κ3) is 3.35. The van der Waals surface area contributed by atoms with Crippen LogP contribution in [0.4, 0.5) is 0 Å². The summed E-state index contributed by atoms with van der Waals surface area (Å²) >= 11 is 0. The predicted octanol–water partition coefficient (Wildman–Crippen LogP) is 1.74. The summed E-state index contributed by atoms with van der Waals surface area (Å²) in [6, 6.07) is 7.48. The van der Waals surface area contributed by atoms with Crippen molar-refractivity contribution in [3.05, 3.63) is 35.9 Å². The molecule has 0 bridgehead atoms. The summed E-state index contributed by atoms with van der Waals surface area (Å²) in [5.41, 5.74) is 0.511. The van der Waals surface area contributed by atoms with Gasteiger partial charge in [-0.25, -0.2) is 0 Å². The van der Waals surface area contributed by atoms with Crippen molar-refractivity contribution < 1.29 is 14.6 Å². The number of rotatable bonds is 5. The Labute approximate surface area is 113 Å². The van der Waals surface area contributed by atoms with E-state index in [1.54, 1.807) is 13.2 Å². The van der Waals surface area contributed by atoms with E-state index < -0.39 is 5.54 Å². The lowest BCUT2D eigenvalue weighted by Gasteiger charge is -2.40. The maximum atomic E-state index is 11.8. The second-order valence-corrected chi connectivity index (χ2v) is 4.89. The van der Waals surface area contributed by atoms with Crippen LogP contribution in [0.3, 0.4) is 0 Å². The van der Waals surface area contributed by atoms with E-state index >= 15 is 0 Å². The molecule has 0 atom stereocenters. The first-order chi connectivity index (χ1) is 9.17. The number of carbonyl (C=O) groups excluding carboxylic acids is 1. The fraction of sp³-hybridized carbons (Fsp3) is 0.400. The van der Waals surface area contributed by atoms with E-state index in [-0.39, 0.29) is 12.5 Å². The highest BCUT2D eigenvalue weighted by atomic mass is 16.5. The van der Waals surface area contributed by atoms with Crippen LogP contribution in [0.1, 0.15) is 24.8 Å². The minimum absolute atomic E-state index is 0.00569. The largest absolute Gasteiger partial charge is 0.497 e. The van der Waals surface area contributed by atoms with Crippen molar-refractivity contribution in [1.29, 1.82) is 0 Å². The first kappa shape index (κ1) is 13.6. The van der Waals surface area contributed by atoms with Gasteiger partial charge in [0.15, 0.2) is 0 Å². The third-order valence-electron chi connectivity index (χ3n) is 3.52. The van der Waals surface area contributed by atoms with E-state index in [1.807, 2.05) is 24.3 Å². The Bertz CT molecular complexity index is 473. The van der Waals surface area contributed by atoms with Crippen molar-refractivity contribution in [1.82, 2.24) is 5.32 Å². The van der Waals surface area contributed by atoms with Crippen molar-refractivity contribution in [2.75, 3.05) is 13.7 Å². The van der Waals surface area contributed by atoms with Gasteiger partial charge < -0.3 is 15.2 Å². The number of amides is 1. The van der Waals surface area contributed by atoms with Crippen molar-refractivity contribution in [3.8, 4) is 5.75 Å². The summed E-state index contributed by atoms with van der Waals surface area (Å²) in [5.74, 6) is 0.588. The molecule has 0 heterocycles. The van der Waals surface area contributed by atoms with E-state index in [0.717, 1.165) is 30.6 Å². The van der Waals surface area contributed by atoms with Gasteiger partial charge in [0.05, 0.1) is 19.3 Å². The van der Waals surface area contributed by atoms with E-state index in [0.29, 0.717) is 0 Å². The summed E-state index contributed by atoms with van der Waals surface area (Å²) in [7, 11) is 1.61. The fourth-order valence-corrected chi connectivity index (χ4v) is 2.15. The summed E-state index contributed by atoms with van der Waals surface area (Å²) in [6.45, 7) is 0.00569. The molecule has 0 unspecified atom stereocenters. The van der Waals surface area contributed by atoms with Gasteiger partial charge in [0.25, 0.3) is 0 Å². The van der Waals surface area contributed by atoms with Gasteiger partial charge in [0, 0.05) is 6.08 Å². The van der Waals surface area contributed by atoms with Gasteiger partial charge in [-0.3, -0.25) is 4.79 Å². The molecule has 1 saturated carbocycles. The Morgan fingerprint density at radius 1 is 1.53 bits per heavy atom. The normalized spacial score (nSPS) is 16.9. The highest BCUT2D eigenvalue weighted by Gasteiger charge is 2.37. The number of aliphatic hydroxyl groups is 1. The molecule has 1 aromatic rings. The highest BCUT2D eigenvalue weighted by Crippen LogP contribution is 2.31.